The molecule has 0 bridgehead atoms. The monoisotopic (exact) mass is 223 g/mol. The second-order valence-electron chi connectivity index (χ2n) is 3.03. The molecule has 0 aliphatic rings. The first-order chi connectivity index (χ1) is 7.09. The number of carbonyl (C=O) groups is 2. The third-order valence-corrected chi connectivity index (χ3v) is 2.32. The number of hydrogen-bond acceptors (Lipinski definition) is 2. The van der Waals surface area contributed by atoms with Crippen molar-refractivity contribution in [3.05, 3.63) is 35.0 Å². The highest BCUT2D eigenvalue weighted by Crippen LogP contribution is 2.22. The summed E-state index contributed by atoms with van der Waals surface area (Å²) in [5.74, 6) is -2.39. The molecule has 2 rings (SSSR count). The molecule has 0 fully saturated rings. The molecule has 2 N–H and O–H groups in total. The molecule has 0 saturated heterocycles. The van der Waals surface area contributed by atoms with Gasteiger partial charge in [-0.25, -0.2) is 4.79 Å². The summed E-state index contributed by atoms with van der Waals surface area (Å²) in [5.41, 5.74) is 0.793. The van der Waals surface area contributed by atoms with Gasteiger partial charge in [0.15, 0.2) is 0 Å². The number of carboxylic acid groups (broad SMARTS) is 1. The van der Waals surface area contributed by atoms with E-state index in [9.17, 15) is 9.59 Å². The lowest BCUT2D eigenvalue weighted by atomic mass is 10.1. The largest absolute Gasteiger partial charge is 0.475 e. The Bertz CT molecular complexity index is 559. The molecule has 4 nitrogen and oxygen atoms in total. The number of rotatable bonds is 2. The molecule has 0 amide bonds. The predicted octanol–water partition coefficient (Wildman–Crippen LogP) is 2.09. The molecule has 1 heterocycles. The first-order valence-corrected chi connectivity index (χ1v) is 4.51. The lowest BCUT2D eigenvalue weighted by Gasteiger charge is -1.94. The van der Waals surface area contributed by atoms with E-state index < -0.39 is 11.8 Å². The number of aliphatic carboxylic acids is 1. The van der Waals surface area contributed by atoms with Gasteiger partial charge in [-0.15, -0.1) is 0 Å². The van der Waals surface area contributed by atoms with Crippen LogP contribution in [-0.4, -0.2) is 21.8 Å². The zero-order valence-electron chi connectivity index (χ0n) is 7.45. The highest BCUT2D eigenvalue weighted by atomic mass is 35.5. The minimum Gasteiger partial charge on any atom is -0.475 e. The Kier molecular flexibility index (Phi) is 2.21. The number of aromatic amines is 1. The fraction of sp³-hybridized carbons (Fsp3) is 0. The molecule has 15 heavy (non-hydrogen) atoms. The zero-order chi connectivity index (χ0) is 11.0. The molecule has 5 heteroatoms. The molecule has 0 aliphatic heterocycles. The summed E-state index contributed by atoms with van der Waals surface area (Å²) in [7, 11) is 0. The Morgan fingerprint density at radius 1 is 1.33 bits per heavy atom. The number of Topliss-reactive ketones (excluding diaryl/α,β-unsaturated/α-hetero) is 1. The molecular weight excluding hydrogens is 218 g/mol. The predicted molar refractivity (Wildman–Crippen MR) is 55.3 cm³/mol. The van der Waals surface area contributed by atoms with Gasteiger partial charge in [-0.05, 0) is 12.1 Å². The quantitative estimate of drug-likeness (QED) is 0.605. The van der Waals surface area contributed by atoms with Crippen molar-refractivity contribution < 1.29 is 14.7 Å². The van der Waals surface area contributed by atoms with Crippen molar-refractivity contribution in [2.45, 2.75) is 0 Å². The molecule has 0 spiro atoms. The molecule has 0 saturated carbocycles. The SMILES string of the molecule is O=C(O)C(=O)c1c[nH]c2cc(Cl)ccc12. The smallest absolute Gasteiger partial charge is 0.377 e. The number of ketones is 1. The highest BCUT2D eigenvalue weighted by molar-refractivity contribution is 6.42. The van der Waals surface area contributed by atoms with Crippen LogP contribution >= 0.6 is 11.6 Å². The summed E-state index contributed by atoms with van der Waals surface area (Å²) >= 11 is 5.75. The lowest BCUT2D eigenvalue weighted by molar-refractivity contribution is -0.131. The maximum Gasteiger partial charge on any atom is 0.377 e. The minimum atomic E-state index is -1.47. The highest BCUT2D eigenvalue weighted by Gasteiger charge is 2.18. The Balaban J connectivity index is 2.64. The van der Waals surface area contributed by atoms with E-state index in [1.54, 1.807) is 18.2 Å². The number of fused-ring (bicyclic) bond motifs is 1. The van der Waals surface area contributed by atoms with E-state index in [2.05, 4.69) is 4.98 Å². The van der Waals surface area contributed by atoms with E-state index in [-0.39, 0.29) is 5.56 Å². The first-order valence-electron chi connectivity index (χ1n) is 4.14. The maximum atomic E-state index is 11.3. The van der Waals surface area contributed by atoms with Crippen LogP contribution in [0.25, 0.3) is 10.9 Å². The Labute approximate surface area is 89.5 Å². The van der Waals surface area contributed by atoms with Crippen molar-refractivity contribution in [1.29, 1.82) is 0 Å². The average Bonchev–Trinajstić information content (AvgIpc) is 2.59. The summed E-state index contributed by atoms with van der Waals surface area (Å²) < 4.78 is 0. The van der Waals surface area contributed by atoms with Crippen molar-refractivity contribution in [3.8, 4) is 0 Å². The van der Waals surface area contributed by atoms with Crippen LogP contribution in [0.15, 0.2) is 24.4 Å². The summed E-state index contributed by atoms with van der Waals surface area (Å²) in [6.07, 6.45) is 1.37. The molecule has 0 radical (unpaired) electrons. The summed E-state index contributed by atoms with van der Waals surface area (Å²) in [5, 5.41) is 9.67. The number of H-pyrrole nitrogens is 1. The summed E-state index contributed by atoms with van der Waals surface area (Å²) in [4.78, 5) is 24.6. The van der Waals surface area contributed by atoms with Gasteiger partial charge in [-0.1, -0.05) is 17.7 Å². The molecule has 0 aliphatic carbocycles. The third-order valence-electron chi connectivity index (χ3n) is 2.08. The van der Waals surface area contributed by atoms with Crippen LogP contribution in [0.3, 0.4) is 0 Å². The number of nitrogens with one attached hydrogen (secondary N) is 1. The molecule has 76 valence electrons. The Morgan fingerprint density at radius 2 is 2.07 bits per heavy atom. The van der Waals surface area contributed by atoms with Crippen molar-refractivity contribution in [3.63, 3.8) is 0 Å². The van der Waals surface area contributed by atoms with E-state index in [1.807, 2.05) is 0 Å². The molecule has 0 unspecified atom stereocenters. The van der Waals surface area contributed by atoms with Gasteiger partial charge in [0.1, 0.15) is 0 Å². The molecule has 0 atom stereocenters. The molecule has 2 aromatic rings. The van der Waals surface area contributed by atoms with Gasteiger partial charge >= 0.3 is 5.97 Å². The van der Waals surface area contributed by atoms with Gasteiger partial charge in [0.2, 0.25) is 0 Å². The zero-order valence-corrected chi connectivity index (χ0v) is 8.21. The molecule has 1 aromatic carbocycles. The molecule has 1 aromatic heterocycles. The van der Waals surface area contributed by atoms with Gasteiger partial charge in [0.25, 0.3) is 5.78 Å². The number of carboxylic acids is 1. The van der Waals surface area contributed by atoms with E-state index >= 15 is 0 Å². The normalized spacial score (nSPS) is 10.5. The van der Waals surface area contributed by atoms with Gasteiger partial charge in [0.05, 0.1) is 5.56 Å². The van der Waals surface area contributed by atoms with Gasteiger partial charge in [-0.2, -0.15) is 0 Å². The van der Waals surface area contributed by atoms with Crippen LogP contribution in [0.1, 0.15) is 10.4 Å². The summed E-state index contributed by atoms with van der Waals surface area (Å²) in [6, 6.07) is 4.86. The summed E-state index contributed by atoms with van der Waals surface area (Å²) in [6.45, 7) is 0. The number of hydrogen-bond donors (Lipinski definition) is 2. The van der Waals surface area contributed by atoms with E-state index in [4.69, 9.17) is 16.7 Å². The van der Waals surface area contributed by atoms with Crippen LogP contribution < -0.4 is 0 Å². The van der Waals surface area contributed by atoms with E-state index in [0.29, 0.717) is 15.9 Å². The number of aromatic nitrogens is 1. The maximum absolute atomic E-state index is 11.3. The third kappa shape index (κ3) is 1.59. The Hall–Kier alpha value is -1.81. The van der Waals surface area contributed by atoms with Gasteiger partial charge in [-0.3, -0.25) is 4.79 Å². The number of halogens is 1. The fourth-order valence-electron chi connectivity index (χ4n) is 1.40. The second kappa shape index (κ2) is 3.40. The van der Waals surface area contributed by atoms with Crippen molar-refractivity contribution in [2.24, 2.45) is 0 Å². The van der Waals surface area contributed by atoms with Crippen molar-refractivity contribution in [1.82, 2.24) is 4.98 Å². The second-order valence-corrected chi connectivity index (χ2v) is 3.46. The topological polar surface area (TPSA) is 70.2 Å². The van der Waals surface area contributed by atoms with Crippen LogP contribution in [0.4, 0.5) is 0 Å². The van der Waals surface area contributed by atoms with Crippen LogP contribution in [-0.2, 0) is 4.79 Å². The Morgan fingerprint density at radius 3 is 2.73 bits per heavy atom. The first kappa shape index (κ1) is 9.73. The number of carbonyl (C=O) groups excluding carboxylic acids is 1. The standard InChI is InChI=1S/C10H6ClNO3/c11-5-1-2-6-7(9(13)10(14)15)4-12-8(6)3-5/h1-4,12H,(H,14,15). The van der Waals surface area contributed by atoms with Crippen LogP contribution in [0, 0.1) is 0 Å². The average molecular weight is 224 g/mol. The molecular formula is C10H6ClNO3. The minimum absolute atomic E-state index is 0.147. The van der Waals surface area contributed by atoms with E-state index in [1.165, 1.54) is 6.20 Å². The van der Waals surface area contributed by atoms with Gasteiger partial charge in [0, 0.05) is 22.1 Å². The van der Waals surface area contributed by atoms with Crippen LogP contribution in [0.2, 0.25) is 5.02 Å². The number of benzene rings is 1. The van der Waals surface area contributed by atoms with Crippen molar-refractivity contribution >= 4 is 34.3 Å². The van der Waals surface area contributed by atoms with E-state index in [0.717, 1.165) is 0 Å². The lowest BCUT2D eigenvalue weighted by Crippen LogP contribution is -2.11. The van der Waals surface area contributed by atoms with Gasteiger partial charge < -0.3 is 10.1 Å². The van der Waals surface area contributed by atoms with Crippen molar-refractivity contribution in [2.75, 3.05) is 0 Å². The van der Waals surface area contributed by atoms with Crippen LogP contribution in [0.5, 0.6) is 0 Å². The fourth-order valence-corrected chi connectivity index (χ4v) is 1.57.